The average Bonchev–Trinajstić information content (AvgIpc) is 2.93. The molecule has 0 amide bonds. The molecule has 0 aromatic heterocycles. The molecule has 4 rings (SSSR count). The maximum Gasteiger partial charge on any atom is 0.133 e. The molecule has 2 unspecified atom stereocenters. The molecule has 4 aliphatic rings. The van der Waals surface area contributed by atoms with E-state index in [1.165, 1.54) is 38.5 Å². The first kappa shape index (κ1) is 18.7. The monoisotopic (exact) mass is 358 g/mol. The lowest BCUT2D eigenvalue weighted by atomic mass is 9.44. The van der Waals surface area contributed by atoms with Gasteiger partial charge in [0.2, 0.25) is 0 Å². The molecule has 0 spiro atoms. The molecule has 0 saturated heterocycles. The van der Waals surface area contributed by atoms with Gasteiger partial charge < -0.3 is 4.79 Å². The topological polar surface area (TPSA) is 34.1 Å². The predicted molar refractivity (Wildman–Crippen MR) is 105 cm³/mol. The molecule has 0 bridgehead atoms. The third kappa shape index (κ3) is 2.57. The molecular weight excluding hydrogens is 320 g/mol. The number of fused-ring (bicyclic) bond motifs is 5. The number of rotatable bonds is 3. The lowest BCUT2D eigenvalue weighted by Crippen LogP contribution is -2.54. The third-order valence-corrected chi connectivity index (χ3v) is 10.0. The van der Waals surface area contributed by atoms with Crippen LogP contribution in [-0.4, -0.2) is 12.1 Å². The SMILES string of the molecule is CC(C)(CC=O)C1CC[C@H]2[C@@H]3CCC4CC(=O)CC[C@]4(C)[C@@H]3CC[C@]12C. The van der Waals surface area contributed by atoms with E-state index >= 15 is 0 Å². The van der Waals surface area contributed by atoms with Gasteiger partial charge in [-0.2, -0.15) is 0 Å². The predicted octanol–water partition coefficient (Wildman–Crippen LogP) is 5.83. The van der Waals surface area contributed by atoms with Gasteiger partial charge in [-0.25, -0.2) is 0 Å². The van der Waals surface area contributed by atoms with Gasteiger partial charge in [-0.15, -0.1) is 0 Å². The van der Waals surface area contributed by atoms with Crippen molar-refractivity contribution in [3.8, 4) is 0 Å². The zero-order chi connectivity index (χ0) is 18.7. The largest absolute Gasteiger partial charge is 0.303 e. The van der Waals surface area contributed by atoms with Gasteiger partial charge in [0.15, 0.2) is 0 Å². The molecule has 4 fully saturated rings. The van der Waals surface area contributed by atoms with E-state index < -0.39 is 0 Å². The Morgan fingerprint density at radius 1 is 1.00 bits per heavy atom. The summed E-state index contributed by atoms with van der Waals surface area (Å²) in [5, 5.41) is 0. The number of aldehydes is 1. The van der Waals surface area contributed by atoms with Gasteiger partial charge in [0.1, 0.15) is 12.1 Å². The van der Waals surface area contributed by atoms with E-state index in [2.05, 4.69) is 27.7 Å². The van der Waals surface area contributed by atoms with Crippen molar-refractivity contribution in [1.82, 2.24) is 0 Å². The second-order valence-corrected chi connectivity index (χ2v) is 11.4. The highest BCUT2D eigenvalue weighted by molar-refractivity contribution is 5.79. The number of carbonyl (C=O) groups excluding carboxylic acids is 2. The van der Waals surface area contributed by atoms with Crippen LogP contribution in [0.1, 0.15) is 91.9 Å². The van der Waals surface area contributed by atoms with Crippen LogP contribution in [0.5, 0.6) is 0 Å². The first-order chi connectivity index (χ1) is 12.2. The van der Waals surface area contributed by atoms with Gasteiger partial charge >= 0.3 is 0 Å². The number of ketones is 1. The van der Waals surface area contributed by atoms with Crippen molar-refractivity contribution in [2.45, 2.75) is 91.9 Å². The highest BCUT2D eigenvalue weighted by Gasteiger charge is 2.61. The van der Waals surface area contributed by atoms with Crippen molar-refractivity contribution < 1.29 is 9.59 Å². The lowest BCUT2D eigenvalue weighted by molar-refractivity contribution is -0.142. The average molecular weight is 359 g/mol. The zero-order valence-corrected chi connectivity index (χ0v) is 17.4. The van der Waals surface area contributed by atoms with E-state index in [1.807, 2.05) is 0 Å². The first-order valence-electron chi connectivity index (χ1n) is 11.2. The summed E-state index contributed by atoms with van der Waals surface area (Å²) in [6.07, 6.45) is 12.7. The summed E-state index contributed by atoms with van der Waals surface area (Å²) >= 11 is 0. The number of Topliss-reactive ketones (excluding diaryl/α,β-unsaturated/α-hetero) is 1. The fourth-order valence-electron chi connectivity index (χ4n) is 8.69. The summed E-state index contributed by atoms with van der Waals surface area (Å²) in [6.45, 7) is 9.76. The van der Waals surface area contributed by atoms with Crippen LogP contribution in [0.2, 0.25) is 0 Å². The summed E-state index contributed by atoms with van der Waals surface area (Å²) in [4.78, 5) is 23.3. The molecule has 0 radical (unpaired) electrons. The van der Waals surface area contributed by atoms with Crippen molar-refractivity contribution in [1.29, 1.82) is 0 Å². The summed E-state index contributed by atoms with van der Waals surface area (Å²) in [5.41, 5.74) is 0.965. The Hall–Kier alpha value is -0.660. The van der Waals surface area contributed by atoms with Crippen molar-refractivity contribution in [2.24, 2.45) is 45.8 Å². The summed E-state index contributed by atoms with van der Waals surface area (Å²) in [5.74, 6) is 4.39. The van der Waals surface area contributed by atoms with Crippen LogP contribution in [0.25, 0.3) is 0 Å². The smallest absolute Gasteiger partial charge is 0.133 e. The van der Waals surface area contributed by atoms with Gasteiger partial charge in [0.25, 0.3) is 0 Å². The molecular formula is C24H38O2. The van der Waals surface area contributed by atoms with Crippen LogP contribution in [0.3, 0.4) is 0 Å². The maximum absolute atomic E-state index is 12.0. The Kier molecular flexibility index (Phi) is 4.44. The van der Waals surface area contributed by atoms with Crippen molar-refractivity contribution in [3.05, 3.63) is 0 Å². The molecule has 0 N–H and O–H groups in total. The lowest BCUT2D eigenvalue weighted by Gasteiger charge is -2.61. The van der Waals surface area contributed by atoms with E-state index in [4.69, 9.17) is 0 Å². The molecule has 4 aliphatic carbocycles. The molecule has 0 aromatic rings. The Labute approximate surface area is 159 Å². The number of hydrogen-bond acceptors (Lipinski definition) is 2. The molecule has 26 heavy (non-hydrogen) atoms. The van der Waals surface area contributed by atoms with Crippen LogP contribution in [-0.2, 0) is 9.59 Å². The second-order valence-electron chi connectivity index (χ2n) is 11.4. The highest BCUT2D eigenvalue weighted by atomic mass is 16.1. The van der Waals surface area contributed by atoms with Gasteiger partial charge in [0, 0.05) is 19.3 Å². The minimum Gasteiger partial charge on any atom is -0.303 e. The second kappa shape index (κ2) is 6.17. The zero-order valence-electron chi connectivity index (χ0n) is 17.4. The van der Waals surface area contributed by atoms with Crippen molar-refractivity contribution in [2.75, 3.05) is 0 Å². The van der Waals surface area contributed by atoms with E-state index in [0.717, 1.165) is 43.3 Å². The van der Waals surface area contributed by atoms with Gasteiger partial charge in [-0.1, -0.05) is 27.7 Å². The quantitative estimate of drug-likeness (QED) is 0.595. The summed E-state index contributed by atoms with van der Waals surface area (Å²) in [6, 6.07) is 0. The van der Waals surface area contributed by atoms with E-state index in [-0.39, 0.29) is 5.41 Å². The molecule has 146 valence electrons. The molecule has 0 aromatic carbocycles. The molecule has 2 heteroatoms. The Morgan fingerprint density at radius 2 is 1.73 bits per heavy atom. The van der Waals surface area contributed by atoms with Crippen molar-refractivity contribution >= 4 is 12.1 Å². The van der Waals surface area contributed by atoms with Crippen LogP contribution >= 0.6 is 0 Å². The maximum atomic E-state index is 12.0. The van der Waals surface area contributed by atoms with Crippen LogP contribution < -0.4 is 0 Å². The minimum atomic E-state index is 0.135. The minimum absolute atomic E-state index is 0.135. The fraction of sp³-hybridized carbons (Fsp3) is 0.917. The molecule has 2 nitrogen and oxygen atoms in total. The summed E-state index contributed by atoms with van der Waals surface area (Å²) < 4.78 is 0. The Morgan fingerprint density at radius 3 is 2.46 bits per heavy atom. The van der Waals surface area contributed by atoms with E-state index in [1.54, 1.807) is 0 Å². The molecule has 0 aliphatic heterocycles. The molecule has 0 heterocycles. The van der Waals surface area contributed by atoms with Gasteiger partial charge in [0.05, 0.1) is 0 Å². The normalized spacial score (nSPS) is 48.5. The molecule has 7 atom stereocenters. The number of hydrogen-bond donors (Lipinski definition) is 0. The van der Waals surface area contributed by atoms with E-state index in [9.17, 15) is 9.59 Å². The van der Waals surface area contributed by atoms with Crippen LogP contribution in [0, 0.1) is 45.8 Å². The standard InChI is InChI=1S/C24H38O2/c1-22(2,13-14-25)21-8-7-19-18-6-5-16-15-17(26)9-11-23(16,3)20(18)10-12-24(19,21)4/h14,16,18-21H,5-13,15H2,1-4H3/t16?,18-,19-,20+,21?,23-,24-/m0/s1. The Balaban J connectivity index is 1.60. The van der Waals surface area contributed by atoms with E-state index in [0.29, 0.717) is 34.9 Å². The molecule has 4 saturated carbocycles. The van der Waals surface area contributed by atoms with Crippen LogP contribution in [0.4, 0.5) is 0 Å². The third-order valence-electron chi connectivity index (χ3n) is 10.0. The Bertz CT molecular complexity index is 593. The summed E-state index contributed by atoms with van der Waals surface area (Å²) in [7, 11) is 0. The van der Waals surface area contributed by atoms with Gasteiger partial charge in [-0.05, 0) is 90.8 Å². The fourth-order valence-corrected chi connectivity index (χ4v) is 8.69. The highest BCUT2D eigenvalue weighted by Crippen LogP contribution is 2.69. The number of carbonyl (C=O) groups is 2. The first-order valence-corrected chi connectivity index (χ1v) is 11.2. The van der Waals surface area contributed by atoms with Gasteiger partial charge in [-0.3, -0.25) is 4.79 Å². The van der Waals surface area contributed by atoms with Crippen LogP contribution in [0.15, 0.2) is 0 Å². The van der Waals surface area contributed by atoms with Crippen molar-refractivity contribution in [3.63, 3.8) is 0 Å².